The molecule has 4 aromatic heterocycles. The van der Waals surface area contributed by atoms with Crippen LogP contribution in [-0.2, 0) is 6.18 Å². The van der Waals surface area contributed by atoms with Crippen LogP contribution in [0.1, 0.15) is 24.2 Å². The van der Waals surface area contributed by atoms with Gasteiger partial charge in [0.15, 0.2) is 5.65 Å². The first-order valence-corrected chi connectivity index (χ1v) is 11.0. The predicted molar refractivity (Wildman–Crippen MR) is 129 cm³/mol. The van der Waals surface area contributed by atoms with Gasteiger partial charge in [0.25, 0.3) is 5.56 Å². The molecular weight excluding hydrogens is 471 g/mol. The van der Waals surface area contributed by atoms with Gasteiger partial charge in [0.05, 0.1) is 23.0 Å². The van der Waals surface area contributed by atoms with Crippen LogP contribution in [0, 0.1) is 0 Å². The van der Waals surface area contributed by atoms with Crippen LogP contribution in [-0.4, -0.2) is 36.3 Å². The molecule has 11 heteroatoms. The molecular formula is C25H20F3N7O. The Kier molecular flexibility index (Phi) is 5.75. The Bertz CT molecular complexity index is 1610. The van der Waals surface area contributed by atoms with E-state index in [1.165, 1.54) is 22.9 Å². The Balaban J connectivity index is 1.55. The molecule has 4 heterocycles. The fraction of sp³-hybridized carbons (Fsp3) is 0.160. The van der Waals surface area contributed by atoms with Crippen molar-refractivity contribution in [3.8, 4) is 16.9 Å². The summed E-state index contributed by atoms with van der Waals surface area (Å²) in [6.45, 7) is 1.86. The second-order valence-electron chi connectivity index (χ2n) is 8.07. The highest BCUT2D eigenvalue weighted by Crippen LogP contribution is 2.31. The summed E-state index contributed by atoms with van der Waals surface area (Å²) in [6, 6.07) is 12.9. The lowest BCUT2D eigenvalue weighted by molar-refractivity contribution is -0.137. The van der Waals surface area contributed by atoms with Gasteiger partial charge < -0.3 is 9.88 Å². The molecule has 0 unspecified atom stereocenters. The maximum Gasteiger partial charge on any atom is 0.416 e. The third kappa shape index (κ3) is 4.19. The van der Waals surface area contributed by atoms with Crippen LogP contribution in [0.2, 0.25) is 0 Å². The van der Waals surface area contributed by atoms with Gasteiger partial charge in [-0.15, -0.1) is 0 Å². The summed E-state index contributed by atoms with van der Waals surface area (Å²) in [7, 11) is 1.72. The van der Waals surface area contributed by atoms with Gasteiger partial charge in [-0.2, -0.15) is 18.3 Å². The summed E-state index contributed by atoms with van der Waals surface area (Å²) in [5.41, 5.74) is 1.60. The highest BCUT2D eigenvalue weighted by atomic mass is 19.4. The number of hydrogen-bond donors (Lipinski definition) is 1. The molecule has 5 rings (SSSR count). The number of benzene rings is 1. The summed E-state index contributed by atoms with van der Waals surface area (Å²) in [5, 5.41) is 8.16. The molecule has 8 nitrogen and oxygen atoms in total. The van der Waals surface area contributed by atoms with Crippen LogP contribution in [0.15, 0.2) is 78.0 Å². The minimum Gasteiger partial charge on any atom is -0.357 e. The Morgan fingerprint density at radius 3 is 2.47 bits per heavy atom. The topological polar surface area (TPSA) is 90.5 Å². The normalized spacial score (nSPS) is 12.6. The Hall–Kier alpha value is -4.54. The van der Waals surface area contributed by atoms with Gasteiger partial charge in [-0.25, -0.2) is 19.6 Å². The summed E-state index contributed by atoms with van der Waals surface area (Å²) >= 11 is 0. The van der Waals surface area contributed by atoms with E-state index in [1.54, 1.807) is 54.5 Å². The predicted octanol–water partition coefficient (Wildman–Crippen LogP) is 4.71. The molecule has 0 saturated heterocycles. The van der Waals surface area contributed by atoms with Crippen LogP contribution in [0.25, 0.3) is 28.0 Å². The van der Waals surface area contributed by atoms with Crippen molar-refractivity contribution in [1.82, 2.24) is 29.3 Å². The minimum absolute atomic E-state index is 0.259. The third-order valence-corrected chi connectivity index (χ3v) is 5.85. The fourth-order valence-corrected chi connectivity index (χ4v) is 3.96. The van der Waals surface area contributed by atoms with E-state index in [2.05, 4.69) is 25.4 Å². The first kappa shape index (κ1) is 23.2. The number of fused-ring (bicyclic) bond motifs is 1. The van der Waals surface area contributed by atoms with E-state index in [9.17, 15) is 18.0 Å². The van der Waals surface area contributed by atoms with Crippen LogP contribution in [0.3, 0.4) is 0 Å². The van der Waals surface area contributed by atoms with Crippen molar-refractivity contribution in [2.75, 3.05) is 12.4 Å². The van der Waals surface area contributed by atoms with E-state index >= 15 is 0 Å². The van der Waals surface area contributed by atoms with Crippen LogP contribution < -0.4 is 10.9 Å². The largest absolute Gasteiger partial charge is 0.416 e. The third-order valence-electron chi connectivity index (χ3n) is 5.85. The number of nitrogens with zero attached hydrogens (tertiary/aromatic N) is 6. The van der Waals surface area contributed by atoms with Gasteiger partial charge in [-0.1, -0.05) is 0 Å². The summed E-state index contributed by atoms with van der Waals surface area (Å²) in [4.78, 5) is 26.0. The van der Waals surface area contributed by atoms with E-state index in [-0.39, 0.29) is 11.6 Å². The highest BCUT2D eigenvalue weighted by Gasteiger charge is 2.30. The molecule has 0 aliphatic rings. The molecule has 0 radical (unpaired) electrons. The smallest absolute Gasteiger partial charge is 0.357 e. The van der Waals surface area contributed by atoms with Crippen LogP contribution >= 0.6 is 0 Å². The summed E-state index contributed by atoms with van der Waals surface area (Å²) in [5.74, 6) is 0.455. The summed E-state index contributed by atoms with van der Waals surface area (Å²) < 4.78 is 42.0. The van der Waals surface area contributed by atoms with Gasteiger partial charge in [-0.3, -0.25) is 4.79 Å². The van der Waals surface area contributed by atoms with E-state index in [0.717, 1.165) is 12.1 Å². The Labute approximate surface area is 203 Å². The van der Waals surface area contributed by atoms with E-state index < -0.39 is 11.7 Å². The molecule has 0 aliphatic carbocycles. The monoisotopic (exact) mass is 491 g/mol. The maximum atomic E-state index is 13.1. The average Bonchev–Trinajstić information content (AvgIpc) is 3.27. The summed E-state index contributed by atoms with van der Waals surface area (Å²) in [6.07, 6.45) is 0.435. The fourth-order valence-electron chi connectivity index (χ4n) is 3.96. The van der Waals surface area contributed by atoms with Gasteiger partial charge in [0, 0.05) is 42.7 Å². The number of alkyl halides is 3. The molecule has 0 bridgehead atoms. The quantitative estimate of drug-likeness (QED) is 0.383. The van der Waals surface area contributed by atoms with Crippen molar-refractivity contribution in [3.05, 3.63) is 94.8 Å². The number of halogens is 3. The molecule has 1 N–H and O–H groups in total. The number of hydrogen-bond acceptors (Lipinski definition) is 6. The molecule has 0 aliphatic heterocycles. The van der Waals surface area contributed by atoms with Crippen molar-refractivity contribution in [3.63, 3.8) is 0 Å². The second-order valence-corrected chi connectivity index (χ2v) is 8.07. The molecule has 0 fully saturated rings. The lowest BCUT2D eigenvalue weighted by atomic mass is 10.1. The average molecular weight is 491 g/mol. The molecule has 182 valence electrons. The van der Waals surface area contributed by atoms with Crippen molar-refractivity contribution in [1.29, 1.82) is 0 Å². The van der Waals surface area contributed by atoms with E-state index in [0.29, 0.717) is 39.6 Å². The molecule has 1 atom stereocenters. The van der Waals surface area contributed by atoms with Crippen molar-refractivity contribution in [2.24, 2.45) is 0 Å². The molecule has 0 saturated carbocycles. The number of pyridine rings is 2. The molecule has 1 aromatic carbocycles. The first-order chi connectivity index (χ1) is 17.3. The van der Waals surface area contributed by atoms with Gasteiger partial charge in [0.1, 0.15) is 5.69 Å². The van der Waals surface area contributed by atoms with E-state index in [4.69, 9.17) is 0 Å². The van der Waals surface area contributed by atoms with Crippen molar-refractivity contribution in [2.45, 2.75) is 19.1 Å². The first-order valence-electron chi connectivity index (χ1n) is 11.0. The van der Waals surface area contributed by atoms with E-state index in [1.807, 2.05) is 6.92 Å². The zero-order valence-corrected chi connectivity index (χ0v) is 19.2. The van der Waals surface area contributed by atoms with Crippen molar-refractivity contribution < 1.29 is 13.2 Å². The lowest BCUT2D eigenvalue weighted by Crippen LogP contribution is -2.23. The number of anilines is 1. The van der Waals surface area contributed by atoms with Crippen LogP contribution in [0.4, 0.5) is 19.1 Å². The standard InChI is InChI=1S/C25H20F3N7O/c1-15(20-9-12-31-24(29-2)32-20)34-13-10-16(14-21(34)36)22-19-4-3-11-30-23(19)35(33-22)18-7-5-17(6-8-18)25(26,27)28/h3-15H,1-2H3,(H,29,31,32)/t15-/m1/s1. The van der Waals surface area contributed by atoms with Gasteiger partial charge in [-0.05, 0) is 55.5 Å². The molecule has 5 aromatic rings. The second kappa shape index (κ2) is 8.91. The molecule has 0 spiro atoms. The number of nitrogens with one attached hydrogen (secondary N) is 1. The highest BCUT2D eigenvalue weighted by molar-refractivity contribution is 5.91. The zero-order chi connectivity index (χ0) is 25.4. The number of aromatic nitrogens is 6. The SMILES string of the molecule is CNc1nccc([C@@H](C)n2ccc(-c3nn(-c4ccc(C(F)(F)F)cc4)c4ncccc34)cc2=O)n1. The molecule has 36 heavy (non-hydrogen) atoms. The minimum atomic E-state index is -4.43. The van der Waals surface area contributed by atoms with Crippen LogP contribution in [0.5, 0.6) is 0 Å². The Morgan fingerprint density at radius 1 is 1.00 bits per heavy atom. The van der Waals surface area contributed by atoms with Gasteiger partial charge >= 0.3 is 6.18 Å². The number of rotatable bonds is 5. The maximum absolute atomic E-state index is 13.1. The molecule has 0 amide bonds. The lowest BCUT2D eigenvalue weighted by Gasteiger charge is -2.15. The van der Waals surface area contributed by atoms with Gasteiger partial charge in [0.2, 0.25) is 5.95 Å². The zero-order valence-electron chi connectivity index (χ0n) is 19.2. The Morgan fingerprint density at radius 2 is 1.78 bits per heavy atom. The van der Waals surface area contributed by atoms with Crippen molar-refractivity contribution >= 4 is 17.0 Å².